The fourth-order valence-electron chi connectivity index (χ4n) is 2.83. The molecule has 1 heterocycles. The maximum Gasteiger partial charge on any atom is 0.144 e. The van der Waals surface area contributed by atoms with E-state index >= 15 is 0 Å². The third-order valence-corrected chi connectivity index (χ3v) is 4.35. The molecule has 108 valence electrons. The molecule has 1 aromatic heterocycles. The average Bonchev–Trinajstić information content (AvgIpc) is 2.46. The van der Waals surface area contributed by atoms with E-state index < -0.39 is 5.60 Å². The summed E-state index contributed by atoms with van der Waals surface area (Å²) in [6.07, 6.45) is 5.02. The lowest BCUT2D eigenvalue weighted by atomic mass is 9.78. The van der Waals surface area contributed by atoms with Crippen LogP contribution in [0.5, 0.6) is 0 Å². The summed E-state index contributed by atoms with van der Waals surface area (Å²) in [6, 6.07) is 5.72. The molecule has 0 unspecified atom stereocenters. The highest BCUT2D eigenvalue weighted by atomic mass is 16.3. The van der Waals surface area contributed by atoms with E-state index in [9.17, 15) is 5.11 Å². The first kappa shape index (κ1) is 14.8. The van der Waals surface area contributed by atoms with Crippen molar-refractivity contribution in [3.8, 4) is 6.07 Å². The third kappa shape index (κ3) is 3.49. The van der Waals surface area contributed by atoms with Crippen molar-refractivity contribution in [3.05, 3.63) is 23.4 Å². The molecule has 0 aromatic carbocycles. The number of pyridine rings is 1. The molecule has 1 fully saturated rings. The predicted molar refractivity (Wildman–Crippen MR) is 79.4 cm³/mol. The van der Waals surface area contributed by atoms with E-state index in [4.69, 9.17) is 5.26 Å². The van der Waals surface area contributed by atoms with Gasteiger partial charge in [0.05, 0.1) is 11.2 Å². The molecule has 4 nitrogen and oxygen atoms in total. The number of anilines is 1. The Balaban J connectivity index is 1.99. The first-order chi connectivity index (χ1) is 9.56. The molecule has 0 bridgehead atoms. The summed E-state index contributed by atoms with van der Waals surface area (Å²) in [5, 5.41) is 22.9. The number of aliphatic hydroxyl groups is 1. The number of nitriles is 1. The third-order valence-electron chi connectivity index (χ3n) is 4.35. The molecule has 0 radical (unpaired) electrons. The Morgan fingerprint density at radius 1 is 1.45 bits per heavy atom. The van der Waals surface area contributed by atoms with Crippen molar-refractivity contribution in [2.24, 2.45) is 5.92 Å². The van der Waals surface area contributed by atoms with Crippen LogP contribution in [0.4, 0.5) is 5.82 Å². The van der Waals surface area contributed by atoms with Gasteiger partial charge >= 0.3 is 0 Å². The van der Waals surface area contributed by atoms with Crippen LogP contribution >= 0.6 is 0 Å². The van der Waals surface area contributed by atoms with Gasteiger partial charge in [0.15, 0.2) is 0 Å². The van der Waals surface area contributed by atoms with Crippen LogP contribution in [0.1, 0.15) is 50.3 Å². The molecule has 2 rings (SSSR count). The van der Waals surface area contributed by atoms with E-state index in [-0.39, 0.29) is 0 Å². The lowest BCUT2D eigenvalue weighted by molar-refractivity contribution is 0.00222. The molecular weight excluding hydrogens is 250 g/mol. The number of hydrogen-bond acceptors (Lipinski definition) is 4. The molecule has 1 saturated carbocycles. The molecule has 20 heavy (non-hydrogen) atoms. The molecule has 0 aliphatic heterocycles. The lowest BCUT2D eigenvalue weighted by Gasteiger charge is -2.36. The number of rotatable bonds is 4. The van der Waals surface area contributed by atoms with Crippen molar-refractivity contribution in [3.63, 3.8) is 0 Å². The monoisotopic (exact) mass is 273 g/mol. The fourth-order valence-corrected chi connectivity index (χ4v) is 2.83. The van der Waals surface area contributed by atoms with Crippen molar-refractivity contribution in [2.45, 2.75) is 51.6 Å². The highest BCUT2D eigenvalue weighted by molar-refractivity contribution is 5.52. The van der Waals surface area contributed by atoms with Gasteiger partial charge in [-0.05, 0) is 50.7 Å². The second-order valence-electron chi connectivity index (χ2n) is 5.89. The standard InChI is InChI=1S/C16H23N3O/c1-3-13-6-8-16(20,9-7-13)11-18-15-14(10-17)5-4-12(2)19-15/h4-5,13,20H,3,6-9,11H2,1-2H3,(H,18,19). The van der Waals surface area contributed by atoms with Gasteiger partial charge in [0, 0.05) is 12.2 Å². The van der Waals surface area contributed by atoms with Crippen LogP contribution in [-0.2, 0) is 0 Å². The molecular formula is C16H23N3O. The minimum atomic E-state index is -0.663. The Bertz CT molecular complexity index is 499. The number of nitrogens with zero attached hydrogens (tertiary/aromatic N) is 2. The molecule has 0 atom stereocenters. The second kappa shape index (κ2) is 6.23. The summed E-state index contributed by atoms with van der Waals surface area (Å²) < 4.78 is 0. The minimum absolute atomic E-state index is 0.467. The quantitative estimate of drug-likeness (QED) is 0.884. The smallest absolute Gasteiger partial charge is 0.144 e. The molecule has 1 aromatic rings. The summed E-state index contributed by atoms with van der Waals surface area (Å²) in [5.74, 6) is 1.33. The van der Waals surface area contributed by atoms with Crippen LogP contribution < -0.4 is 5.32 Å². The van der Waals surface area contributed by atoms with E-state index in [0.717, 1.165) is 37.3 Å². The summed E-state index contributed by atoms with van der Waals surface area (Å²) in [7, 11) is 0. The summed E-state index contributed by atoms with van der Waals surface area (Å²) in [4.78, 5) is 4.35. The van der Waals surface area contributed by atoms with Crippen LogP contribution in [-0.4, -0.2) is 22.2 Å². The topological polar surface area (TPSA) is 68.9 Å². The van der Waals surface area contributed by atoms with Gasteiger partial charge in [0.25, 0.3) is 0 Å². The molecule has 1 aliphatic carbocycles. The Hall–Kier alpha value is -1.60. The first-order valence-corrected chi connectivity index (χ1v) is 7.40. The van der Waals surface area contributed by atoms with E-state index in [1.807, 2.05) is 13.0 Å². The molecule has 2 N–H and O–H groups in total. The van der Waals surface area contributed by atoms with Crippen molar-refractivity contribution in [2.75, 3.05) is 11.9 Å². The zero-order valence-corrected chi connectivity index (χ0v) is 12.3. The van der Waals surface area contributed by atoms with Gasteiger partial charge in [0.1, 0.15) is 11.9 Å². The van der Waals surface area contributed by atoms with Crippen molar-refractivity contribution in [1.29, 1.82) is 5.26 Å². The maximum absolute atomic E-state index is 10.6. The molecule has 0 spiro atoms. The number of hydrogen-bond donors (Lipinski definition) is 2. The normalized spacial score (nSPS) is 26.0. The first-order valence-electron chi connectivity index (χ1n) is 7.40. The Morgan fingerprint density at radius 3 is 2.75 bits per heavy atom. The van der Waals surface area contributed by atoms with Crippen LogP contribution in [0.2, 0.25) is 0 Å². The summed E-state index contributed by atoms with van der Waals surface area (Å²) >= 11 is 0. The average molecular weight is 273 g/mol. The second-order valence-corrected chi connectivity index (χ2v) is 5.89. The van der Waals surface area contributed by atoms with E-state index in [2.05, 4.69) is 23.3 Å². The molecule has 0 saturated heterocycles. The van der Waals surface area contributed by atoms with E-state index in [1.54, 1.807) is 6.07 Å². The molecule has 4 heteroatoms. The highest BCUT2D eigenvalue weighted by Gasteiger charge is 2.32. The summed E-state index contributed by atoms with van der Waals surface area (Å²) in [6.45, 7) is 4.57. The van der Waals surface area contributed by atoms with Gasteiger partial charge in [-0.2, -0.15) is 5.26 Å². The van der Waals surface area contributed by atoms with Gasteiger partial charge in [-0.15, -0.1) is 0 Å². The predicted octanol–water partition coefficient (Wildman–Crippen LogP) is 3.00. The van der Waals surface area contributed by atoms with Gasteiger partial charge in [-0.3, -0.25) is 0 Å². The van der Waals surface area contributed by atoms with Crippen molar-refractivity contribution in [1.82, 2.24) is 4.98 Å². The van der Waals surface area contributed by atoms with Crippen LogP contribution in [0.3, 0.4) is 0 Å². The number of aromatic nitrogens is 1. The molecule has 0 amide bonds. The fraction of sp³-hybridized carbons (Fsp3) is 0.625. The van der Waals surface area contributed by atoms with E-state index in [0.29, 0.717) is 17.9 Å². The largest absolute Gasteiger partial charge is 0.388 e. The zero-order valence-electron chi connectivity index (χ0n) is 12.3. The number of aryl methyl sites for hydroxylation is 1. The lowest BCUT2D eigenvalue weighted by Crippen LogP contribution is -2.40. The van der Waals surface area contributed by atoms with Gasteiger partial charge in [0.2, 0.25) is 0 Å². The maximum atomic E-state index is 10.6. The SMILES string of the molecule is CCC1CCC(O)(CNc2nc(C)ccc2C#N)CC1. The Morgan fingerprint density at radius 2 is 2.15 bits per heavy atom. The van der Waals surface area contributed by atoms with Gasteiger partial charge in [-0.1, -0.05) is 13.3 Å². The molecule has 1 aliphatic rings. The Kier molecular flexibility index (Phi) is 4.61. The number of nitrogens with one attached hydrogen (secondary N) is 1. The minimum Gasteiger partial charge on any atom is -0.388 e. The zero-order chi connectivity index (χ0) is 14.6. The van der Waals surface area contributed by atoms with Crippen molar-refractivity contribution >= 4 is 5.82 Å². The van der Waals surface area contributed by atoms with Crippen LogP contribution in [0, 0.1) is 24.2 Å². The van der Waals surface area contributed by atoms with E-state index in [1.165, 1.54) is 6.42 Å². The van der Waals surface area contributed by atoms with Crippen LogP contribution in [0.25, 0.3) is 0 Å². The van der Waals surface area contributed by atoms with Crippen LogP contribution in [0.15, 0.2) is 12.1 Å². The summed E-state index contributed by atoms with van der Waals surface area (Å²) in [5.41, 5.74) is 0.735. The Labute approximate surface area is 120 Å². The van der Waals surface area contributed by atoms with Crippen molar-refractivity contribution < 1.29 is 5.11 Å². The van der Waals surface area contributed by atoms with Gasteiger partial charge < -0.3 is 10.4 Å². The van der Waals surface area contributed by atoms with Gasteiger partial charge in [-0.25, -0.2) is 4.98 Å². The highest BCUT2D eigenvalue weighted by Crippen LogP contribution is 2.33.